The normalized spacial score (nSPS) is 11.7. The number of benzene rings is 1. The summed E-state index contributed by atoms with van der Waals surface area (Å²) < 4.78 is 28.2. The molecule has 0 bridgehead atoms. The van der Waals surface area contributed by atoms with Gasteiger partial charge >= 0.3 is 0 Å². The van der Waals surface area contributed by atoms with Crippen molar-refractivity contribution in [2.75, 3.05) is 19.4 Å². The van der Waals surface area contributed by atoms with Crippen LogP contribution in [0.3, 0.4) is 0 Å². The number of sulfonamides is 1. The van der Waals surface area contributed by atoms with Crippen molar-refractivity contribution in [2.45, 2.75) is 4.90 Å². The van der Waals surface area contributed by atoms with E-state index in [1.165, 1.54) is 7.05 Å². The van der Waals surface area contributed by atoms with Crippen LogP contribution in [0.25, 0.3) is 10.9 Å². The Bertz CT molecular complexity index is 696. The first-order valence-electron chi connectivity index (χ1n) is 5.54. The van der Waals surface area contributed by atoms with Crippen LogP contribution >= 0.6 is 0 Å². The Labute approximate surface area is 106 Å². The summed E-state index contributed by atoms with van der Waals surface area (Å²) in [7, 11) is 1.47. The van der Waals surface area contributed by atoms with Gasteiger partial charge in [0.15, 0.2) is 11.1 Å². The van der Waals surface area contributed by atoms with Gasteiger partial charge in [-0.2, -0.15) is 4.57 Å². The number of rotatable bonds is 3. The minimum atomic E-state index is -3.49. The van der Waals surface area contributed by atoms with Crippen molar-refractivity contribution in [3.63, 3.8) is 0 Å². The highest BCUT2D eigenvalue weighted by Gasteiger charge is 2.23. The van der Waals surface area contributed by atoms with Crippen LogP contribution in [0.5, 0.6) is 0 Å². The molecule has 1 aromatic carbocycles. The topological polar surface area (TPSA) is 62.1 Å². The van der Waals surface area contributed by atoms with E-state index in [1.807, 2.05) is 31.3 Å². The second kappa shape index (κ2) is 4.55. The summed E-state index contributed by atoms with van der Waals surface area (Å²) in [4.78, 5) is 0.244. The van der Waals surface area contributed by atoms with Gasteiger partial charge in [0.1, 0.15) is 7.05 Å². The van der Waals surface area contributed by atoms with Crippen LogP contribution < -0.4 is 14.6 Å². The molecule has 1 aromatic heterocycles. The quantitative estimate of drug-likeness (QED) is 0.800. The van der Waals surface area contributed by atoms with Gasteiger partial charge in [0.05, 0.1) is 11.1 Å². The number of fused-ring (bicyclic) bond motifs is 1. The largest absolute Gasteiger partial charge is 0.386 e. The van der Waals surface area contributed by atoms with E-state index in [0.717, 1.165) is 10.9 Å². The molecule has 1 heterocycles. The Balaban J connectivity index is 2.92. The zero-order valence-corrected chi connectivity index (χ0v) is 11.4. The zero-order valence-electron chi connectivity index (χ0n) is 10.6. The first kappa shape index (κ1) is 12.8. The Morgan fingerprint density at radius 2 is 1.83 bits per heavy atom. The predicted octanol–water partition coefficient (Wildman–Crippen LogP) is 0.614. The van der Waals surface area contributed by atoms with Gasteiger partial charge in [0, 0.05) is 13.1 Å². The minimum Gasteiger partial charge on any atom is -0.386 e. The first-order chi connectivity index (χ1) is 8.51. The third kappa shape index (κ3) is 1.93. The van der Waals surface area contributed by atoms with Crippen LogP contribution in [-0.4, -0.2) is 22.5 Å². The van der Waals surface area contributed by atoms with E-state index >= 15 is 0 Å². The van der Waals surface area contributed by atoms with Gasteiger partial charge in [-0.15, -0.1) is 0 Å². The maximum Gasteiger partial charge on any atom is 0.248 e. The molecule has 0 spiro atoms. The van der Waals surface area contributed by atoms with E-state index in [4.69, 9.17) is 0 Å². The van der Waals surface area contributed by atoms with Gasteiger partial charge in [-0.25, -0.2) is 13.1 Å². The van der Waals surface area contributed by atoms with Crippen molar-refractivity contribution in [2.24, 2.45) is 7.05 Å². The molecule has 0 aliphatic carbocycles. The summed E-state index contributed by atoms with van der Waals surface area (Å²) in [6.45, 7) is 0. The summed E-state index contributed by atoms with van der Waals surface area (Å²) in [6.07, 6.45) is 1.61. The summed E-state index contributed by atoms with van der Waals surface area (Å²) in [5.74, 6) is 0. The van der Waals surface area contributed by atoms with Crippen LogP contribution in [0.4, 0.5) is 5.69 Å². The standard InChI is InChI=1S/C12H15N3O2S/c1-13-12-9-6-4-5-7-10(9)15(3)8-11(12)18(16,17)14-2/h4-8,14H,1-3H3/p+1. The lowest BCUT2D eigenvalue weighted by Gasteiger charge is -2.10. The number of nitrogens with zero attached hydrogens (tertiary/aromatic N) is 1. The Morgan fingerprint density at radius 3 is 2.44 bits per heavy atom. The van der Waals surface area contributed by atoms with E-state index in [1.54, 1.807) is 17.8 Å². The Kier molecular flexibility index (Phi) is 3.23. The summed E-state index contributed by atoms with van der Waals surface area (Å²) >= 11 is 0. The molecular weight excluding hydrogens is 250 g/mol. The molecule has 5 nitrogen and oxygen atoms in total. The highest BCUT2D eigenvalue weighted by Crippen LogP contribution is 2.27. The maximum absolute atomic E-state index is 12.0. The number of aryl methyl sites for hydroxylation is 1. The second-order valence-electron chi connectivity index (χ2n) is 3.95. The SMILES string of the molecule is CNc1c(S(=O)(=O)NC)c[n+](C)c2ccccc12. The average molecular weight is 266 g/mol. The van der Waals surface area contributed by atoms with Gasteiger partial charge < -0.3 is 5.32 Å². The lowest BCUT2D eigenvalue weighted by Crippen LogP contribution is -2.32. The molecule has 0 radical (unpaired) electrons. The molecule has 0 fully saturated rings. The second-order valence-corrected chi connectivity index (χ2v) is 5.81. The van der Waals surface area contributed by atoms with Gasteiger partial charge in [-0.1, -0.05) is 12.1 Å². The third-order valence-corrected chi connectivity index (χ3v) is 4.34. The fraction of sp³-hybridized carbons (Fsp3) is 0.250. The van der Waals surface area contributed by atoms with Crippen molar-refractivity contribution >= 4 is 26.6 Å². The number of hydrogen-bond acceptors (Lipinski definition) is 3. The molecule has 0 amide bonds. The number of aromatic nitrogens is 1. The van der Waals surface area contributed by atoms with Crippen LogP contribution in [0, 0.1) is 0 Å². The molecular formula is C12H16N3O2S+. The van der Waals surface area contributed by atoms with Crippen molar-refractivity contribution in [1.29, 1.82) is 0 Å². The van der Waals surface area contributed by atoms with E-state index in [-0.39, 0.29) is 4.90 Å². The Hall–Kier alpha value is -1.66. The zero-order chi connectivity index (χ0) is 13.3. The number of anilines is 1. The van der Waals surface area contributed by atoms with Crippen molar-refractivity contribution < 1.29 is 13.0 Å². The van der Waals surface area contributed by atoms with Gasteiger partial charge in [0.25, 0.3) is 0 Å². The molecule has 0 unspecified atom stereocenters. The molecule has 0 aliphatic rings. The van der Waals surface area contributed by atoms with E-state index in [9.17, 15) is 8.42 Å². The molecule has 96 valence electrons. The summed E-state index contributed by atoms with van der Waals surface area (Å²) in [5, 5.41) is 3.85. The fourth-order valence-electron chi connectivity index (χ4n) is 2.01. The van der Waals surface area contributed by atoms with E-state index < -0.39 is 10.0 Å². The lowest BCUT2D eigenvalue weighted by atomic mass is 10.2. The smallest absolute Gasteiger partial charge is 0.248 e. The van der Waals surface area contributed by atoms with Crippen LogP contribution in [0.1, 0.15) is 0 Å². The van der Waals surface area contributed by atoms with Gasteiger partial charge in [0.2, 0.25) is 15.5 Å². The Morgan fingerprint density at radius 1 is 1.17 bits per heavy atom. The van der Waals surface area contributed by atoms with Crippen molar-refractivity contribution in [1.82, 2.24) is 4.72 Å². The van der Waals surface area contributed by atoms with Crippen LogP contribution in [0.2, 0.25) is 0 Å². The van der Waals surface area contributed by atoms with Gasteiger partial charge in [-0.05, 0) is 13.1 Å². The maximum atomic E-state index is 12.0. The predicted molar refractivity (Wildman–Crippen MR) is 70.9 cm³/mol. The van der Waals surface area contributed by atoms with E-state index in [2.05, 4.69) is 10.0 Å². The minimum absolute atomic E-state index is 0.244. The molecule has 0 saturated carbocycles. The monoisotopic (exact) mass is 266 g/mol. The molecule has 2 N–H and O–H groups in total. The molecule has 2 aromatic rings. The van der Waals surface area contributed by atoms with Crippen molar-refractivity contribution in [3.05, 3.63) is 30.5 Å². The van der Waals surface area contributed by atoms with Crippen LogP contribution in [0.15, 0.2) is 35.4 Å². The molecule has 2 rings (SSSR count). The molecule has 6 heteroatoms. The average Bonchev–Trinajstić information content (AvgIpc) is 2.38. The number of pyridine rings is 1. The summed E-state index contributed by atoms with van der Waals surface area (Å²) in [5.41, 5.74) is 1.58. The summed E-state index contributed by atoms with van der Waals surface area (Å²) in [6, 6.07) is 7.66. The molecule has 0 saturated heterocycles. The highest BCUT2D eigenvalue weighted by molar-refractivity contribution is 7.89. The van der Waals surface area contributed by atoms with Gasteiger partial charge in [-0.3, -0.25) is 0 Å². The first-order valence-corrected chi connectivity index (χ1v) is 7.02. The third-order valence-electron chi connectivity index (χ3n) is 2.92. The highest BCUT2D eigenvalue weighted by atomic mass is 32.2. The molecule has 0 aliphatic heterocycles. The van der Waals surface area contributed by atoms with E-state index in [0.29, 0.717) is 5.69 Å². The van der Waals surface area contributed by atoms with Crippen LogP contribution in [-0.2, 0) is 17.1 Å². The number of para-hydroxylation sites is 1. The molecule has 18 heavy (non-hydrogen) atoms. The lowest BCUT2D eigenvalue weighted by molar-refractivity contribution is -0.646. The fourth-order valence-corrected chi connectivity index (χ4v) is 3.00. The van der Waals surface area contributed by atoms with Crippen molar-refractivity contribution in [3.8, 4) is 0 Å². The molecule has 0 atom stereocenters. The number of hydrogen-bond donors (Lipinski definition) is 2. The number of nitrogens with one attached hydrogen (secondary N) is 2.